The summed E-state index contributed by atoms with van der Waals surface area (Å²) in [5, 5.41) is 0. The molecule has 2 rings (SSSR count). The summed E-state index contributed by atoms with van der Waals surface area (Å²) in [5.41, 5.74) is 0. The van der Waals surface area contributed by atoms with E-state index in [1.54, 1.807) is 7.02 Å². The van der Waals surface area contributed by atoms with Gasteiger partial charge in [0.15, 0.2) is 0 Å². The molecule has 2 aromatic carbocycles. The van der Waals surface area contributed by atoms with Gasteiger partial charge >= 0.3 is 112 Å². The van der Waals surface area contributed by atoms with E-state index in [1.165, 1.54) is 0 Å². The zero-order valence-electron chi connectivity index (χ0n) is 10.8. The standard InChI is InChI=1S/2C6H5.C4H9.Sb.H/c2*1-2-4-6-5-3-1;1-4(2)3;;/h2*1-5H;1-3H3;;. The van der Waals surface area contributed by atoms with Gasteiger partial charge in [-0.1, -0.05) is 0 Å². The van der Waals surface area contributed by atoms with Gasteiger partial charge in [0.1, 0.15) is 0 Å². The van der Waals surface area contributed by atoms with Gasteiger partial charge in [-0.05, 0) is 0 Å². The molecule has 0 atom stereocenters. The van der Waals surface area contributed by atoms with E-state index in [9.17, 15) is 0 Å². The Balaban J connectivity index is 2.48. The van der Waals surface area contributed by atoms with Gasteiger partial charge in [-0.3, -0.25) is 0 Å². The predicted octanol–water partition coefficient (Wildman–Crippen LogP) is 2.83. The molecule has 0 fully saturated rings. The van der Waals surface area contributed by atoms with Crippen LogP contribution in [0.15, 0.2) is 60.7 Å². The van der Waals surface area contributed by atoms with Crippen LogP contribution < -0.4 is 7.02 Å². The molecule has 0 saturated heterocycles. The van der Waals surface area contributed by atoms with Gasteiger partial charge in [0.2, 0.25) is 0 Å². The Labute approximate surface area is 112 Å². The molecule has 1 radical (unpaired) electrons. The SMILES string of the molecule is C[C](C)(C)[SbH]([c]1ccccc1)[c]1ccccc1. The van der Waals surface area contributed by atoms with E-state index in [0.29, 0.717) is 3.36 Å². The molecule has 2 aromatic rings. The molecule has 0 saturated carbocycles. The summed E-state index contributed by atoms with van der Waals surface area (Å²) < 4.78 is 3.60. The van der Waals surface area contributed by atoms with Gasteiger partial charge in [-0.15, -0.1) is 0 Å². The maximum absolute atomic E-state index is 2.39. The van der Waals surface area contributed by atoms with Gasteiger partial charge < -0.3 is 0 Å². The van der Waals surface area contributed by atoms with E-state index >= 15 is 0 Å². The fourth-order valence-corrected chi connectivity index (χ4v) is 11.1. The van der Waals surface area contributed by atoms with E-state index in [2.05, 4.69) is 81.4 Å². The van der Waals surface area contributed by atoms with Crippen molar-refractivity contribution in [3.8, 4) is 0 Å². The Hall–Kier alpha value is -0.742. The Bertz CT molecular complexity index is 414. The summed E-state index contributed by atoms with van der Waals surface area (Å²) in [7, 11) is 0. The molecule has 0 unspecified atom stereocenters. The molecule has 0 spiro atoms. The number of rotatable bonds is 2. The molecule has 0 aliphatic rings. The molecule has 0 aliphatic heterocycles. The average Bonchev–Trinajstić information content (AvgIpc) is 2.30. The first-order valence-corrected chi connectivity index (χ1v) is 10.4. The van der Waals surface area contributed by atoms with Crippen LogP contribution in [0.1, 0.15) is 20.8 Å². The Kier molecular flexibility index (Phi) is 3.94. The first-order chi connectivity index (χ1) is 8.09. The molecule has 1 heteroatoms. The fourth-order valence-electron chi connectivity index (χ4n) is 2.24. The third-order valence-electron chi connectivity index (χ3n) is 2.87. The van der Waals surface area contributed by atoms with Crippen molar-refractivity contribution in [2.45, 2.75) is 24.1 Å². The van der Waals surface area contributed by atoms with Crippen LogP contribution in [-0.2, 0) is 0 Å². The molecule has 0 heterocycles. The van der Waals surface area contributed by atoms with Gasteiger partial charge in [0.25, 0.3) is 0 Å². The van der Waals surface area contributed by atoms with E-state index in [1.807, 2.05) is 0 Å². The average molecular weight is 334 g/mol. The van der Waals surface area contributed by atoms with Crippen molar-refractivity contribution >= 4 is 27.2 Å². The van der Waals surface area contributed by atoms with E-state index in [-0.39, 0.29) is 0 Å². The Morgan fingerprint density at radius 1 is 0.647 bits per heavy atom. The monoisotopic (exact) mass is 333 g/mol. The molecule has 0 aromatic heterocycles. The quantitative estimate of drug-likeness (QED) is 0.741. The van der Waals surface area contributed by atoms with Gasteiger partial charge in [-0.2, -0.15) is 0 Å². The van der Waals surface area contributed by atoms with Crippen LogP contribution in [0.5, 0.6) is 0 Å². The third kappa shape index (κ3) is 3.13. The summed E-state index contributed by atoms with van der Waals surface area (Å²) in [6.07, 6.45) is 0. The van der Waals surface area contributed by atoms with Gasteiger partial charge in [0, 0.05) is 0 Å². The molecule has 0 aliphatic carbocycles. The summed E-state index contributed by atoms with van der Waals surface area (Å²) in [5.74, 6) is 0. The number of hydrogen-bond acceptors (Lipinski definition) is 0. The minimum atomic E-state index is -1.80. The second-order valence-corrected chi connectivity index (χ2v) is 15.1. The summed E-state index contributed by atoms with van der Waals surface area (Å²) in [6.45, 7) is 7.17. The number of benzene rings is 2. The van der Waals surface area contributed by atoms with Crippen molar-refractivity contribution in [2.24, 2.45) is 0 Å². The molecule has 0 amide bonds. The second-order valence-electron chi connectivity index (χ2n) is 5.36. The van der Waals surface area contributed by atoms with E-state index < -0.39 is 20.2 Å². The van der Waals surface area contributed by atoms with Crippen LogP contribution in [0.4, 0.5) is 0 Å². The van der Waals surface area contributed by atoms with E-state index in [4.69, 9.17) is 0 Å². The van der Waals surface area contributed by atoms with Crippen molar-refractivity contribution in [2.75, 3.05) is 0 Å². The van der Waals surface area contributed by atoms with Crippen LogP contribution in [-0.4, -0.2) is 20.2 Å². The molecule has 0 bridgehead atoms. The topological polar surface area (TPSA) is 0 Å². The Morgan fingerprint density at radius 2 is 1.00 bits per heavy atom. The predicted molar refractivity (Wildman–Crippen MR) is 79.0 cm³/mol. The molecule has 0 nitrogen and oxygen atoms in total. The molecule has 89 valence electrons. The summed E-state index contributed by atoms with van der Waals surface area (Å²) >= 11 is -1.80. The summed E-state index contributed by atoms with van der Waals surface area (Å²) in [4.78, 5) is 0. The van der Waals surface area contributed by atoms with Gasteiger partial charge in [-0.25, -0.2) is 0 Å². The fraction of sp³-hybridized carbons (Fsp3) is 0.250. The minimum absolute atomic E-state index is 0.422. The molecule has 0 N–H and O–H groups in total. The van der Waals surface area contributed by atoms with Crippen LogP contribution in [0.2, 0.25) is 3.36 Å². The molecule has 17 heavy (non-hydrogen) atoms. The zero-order chi connectivity index (χ0) is 12.3. The van der Waals surface area contributed by atoms with Gasteiger partial charge in [0.05, 0.1) is 0 Å². The van der Waals surface area contributed by atoms with Crippen molar-refractivity contribution < 1.29 is 0 Å². The number of hydrogen-bond donors (Lipinski definition) is 0. The van der Waals surface area contributed by atoms with E-state index in [0.717, 1.165) is 0 Å². The Morgan fingerprint density at radius 3 is 1.29 bits per heavy atom. The first kappa shape index (κ1) is 12.7. The third-order valence-corrected chi connectivity index (χ3v) is 12.4. The van der Waals surface area contributed by atoms with Crippen molar-refractivity contribution in [1.82, 2.24) is 0 Å². The van der Waals surface area contributed by atoms with Crippen molar-refractivity contribution in [3.05, 3.63) is 60.7 Å². The molecular weight excluding hydrogens is 314 g/mol. The molecular formula is C16H20Sb. The first-order valence-electron chi connectivity index (χ1n) is 6.07. The summed E-state index contributed by atoms with van der Waals surface area (Å²) in [6, 6.07) is 22.2. The maximum atomic E-state index is 2.39. The van der Waals surface area contributed by atoms with Crippen LogP contribution in [0.25, 0.3) is 0 Å². The van der Waals surface area contributed by atoms with Crippen molar-refractivity contribution in [1.29, 1.82) is 0 Å². The van der Waals surface area contributed by atoms with Crippen LogP contribution >= 0.6 is 0 Å². The van der Waals surface area contributed by atoms with Crippen LogP contribution in [0, 0.1) is 0 Å². The second kappa shape index (κ2) is 5.27. The zero-order valence-corrected chi connectivity index (χ0v) is 13.6. The van der Waals surface area contributed by atoms with Crippen molar-refractivity contribution in [3.63, 3.8) is 0 Å². The van der Waals surface area contributed by atoms with Crippen LogP contribution in [0.3, 0.4) is 0 Å². The normalized spacial score (nSPS) is 11.8.